The van der Waals surface area contributed by atoms with Crippen LogP contribution in [0.3, 0.4) is 0 Å². The molecule has 216 valence electrons. The molecular weight excluding hydrogens is 502 g/mol. The highest BCUT2D eigenvalue weighted by Crippen LogP contribution is 2.09. The third-order valence-corrected chi connectivity index (χ3v) is 5.73. The number of amides is 5. The van der Waals surface area contributed by atoms with Crippen LogP contribution < -0.4 is 26.6 Å². The van der Waals surface area contributed by atoms with Gasteiger partial charge in [0, 0.05) is 13.5 Å². The van der Waals surface area contributed by atoms with Crippen LogP contribution in [0.1, 0.15) is 67.2 Å². The molecule has 0 rings (SSSR count). The van der Waals surface area contributed by atoms with Gasteiger partial charge in [-0.2, -0.15) is 0 Å². The number of aliphatic hydroxyl groups excluding tert-OH is 1. The van der Waals surface area contributed by atoms with Gasteiger partial charge in [-0.3, -0.25) is 33.6 Å². The lowest BCUT2D eigenvalue weighted by Crippen LogP contribution is -2.60. The van der Waals surface area contributed by atoms with Gasteiger partial charge in [0.15, 0.2) is 0 Å². The SMILES string of the molecule is CCCC(NC(=O)[C@H](C)NC(=O)[C@@H](NC(=O)[C@@H](NC(C)=O)[C@H](C)CC)[C@@H](C)O)C(=O)C(=O)NCCC(=O)O. The first-order valence-corrected chi connectivity index (χ1v) is 12.6. The molecule has 0 aromatic rings. The summed E-state index contributed by atoms with van der Waals surface area (Å²) in [6, 6.07) is -4.83. The maximum atomic E-state index is 12.8. The number of carboxylic acids is 1. The number of hydrogen-bond donors (Lipinski definition) is 7. The number of ketones is 1. The summed E-state index contributed by atoms with van der Waals surface area (Å²) in [4.78, 5) is 84.9. The Morgan fingerprint density at radius 3 is 1.84 bits per heavy atom. The molecule has 0 fully saturated rings. The normalized spacial score (nSPS) is 15.4. The molecule has 0 aliphatic heterocycles. The van der Waals surface area contributed by atoms with Gasteiger partial charge < -0.3 is 36.8 Å². The highest BCUT2D eigenvalue weighted by atomic mass is 16.4. The quantitative estimate of drug-likeness (QED) is 0.104. The Kier molecular flexibility index (Phi) is 15.5. The maximum Gasteiger partial charge on any atom is 0.305 e. The third kappa shape index (κ3) is 12.1. The molecule has 0 saturated carbocycles. The second-order valence-corrected chi connectivity index (χ2v) is 9.13. The van der Waals surface area contributed by atoms with Crippen molar-refractivity contribution in [1.29, 1.82) is 0 Å². The average Bonchev–Trinajstić information content (AvgIpc) is 2.83. The van der Waals surface area contributed by atoms with Gasteiger partial charge in [0.1, 0.15) is 18.1 Å². The first-order chi connectivity index (χ1) is 17.7. The predicted octanol–water partition coefficient (Wildman–Crippen LogP) is -1.65. The number of aliphatic carboxylic acids is 1. The molecule has 0 heterocycles. The van der Waals surface area contributed by atoms with Gasteiger partial charge in [-0.05, 0) is 26.2 Å². The van der Waals surface area contributed by atoms with Crippen molar-refractivity contribution in [3.05, 3.63) is 0 Å². The van der Waals surface area contributed by atoms with Crippen molar-refractivity contribution in [1.82, 2.24) is 26.6 Å². The van der Waals surface area contributed by atoms with Crippen LogP contribution in [0.2, 0.25) is 0 Å². The van der Waals surface area contributed by atoms with Crippen LogP contribution in [-0.4, -0.2) is 88.3 Å². The molecule has 0 spiro atoms. The fourth-order valence-corrected chi connectivity index (χ4v) is 3.32. The molecule has 14 heteroatoms. The van der Waals surface area contributed by atoms with E-state index in [9.17, 15) is 38.7 Å². The Bertz CT molecular complexity index is 877. The van der Waals surface area contributed by atoms with Crippen LogP contribution in [0.5, 0.6) is 0 Å². The van der Waals surface area contributed by atoms with E-state index < -0.39 is 71.6 Å². The average molecular weight is 544 g/mol. The van der Waals surface area contributed by atoms with E-state index in [1.54, 1.807) is 13.8 Å². The molecule has 0 bridgehead atoms. The van der Waals surface area contributed by atoms with Crippen LogP contribution in [0.15, 0.2) is 0 Å². The minimum Gasteiger partial charge on any atom is -0.481 e. The second kappa shape index (κ2) is 17.1. The van der Waals surface area contributed by atoms with Gasteiger partial charge in [0.05, 0.1) is 18.6 Å². The Hall–Kier alpha value is -3.55. The highest BCUT2D eigenvalue weighted by molar-refractivity contribution is 6.38. The topological polar surface area (TPSA) is 220 Å². The number of carbonyl (C=O) groups is 7. The molecule has 0 aromatic heterocycles. The Morgan fingerprint density at radius 1 is 0.789 bits per heavy atom. The molecular formula is C24H41N5O9. The molecule has 0 radical (unpaired) electrons. The number of nitrogens with one attached hydrogen (secondary N) is 5. The van der Waals surface area contributed by atoms with E-state index in [1.807, 2.05) is 6.92 Å². The number of carbonyl (C=O) groups excluding carboxylic acids is 6. The predicted molar refractivity (Wildman–Crippen MR) is 135 cm³/mol. The van der Waals surface area contributed by atoms with Crippen molar-refractivity contribution in [3.63, 3.8) is 0 Å². The van der Waals surface area contributed by atoms with E-state index >= 15 is 0 Å². The van der Waals surface area contributed by atoms with E-state index in [-0.39, 0.29) is 25.3 Å². The molecule has 6 atom stereocenters. The summed E-state index contributed by atoms with van der Waals surface area (Å²) in [5.74, 6) is -6.24. The summed E-state index contributed by atoms with van der Waals surface area (Å²) in [5.41, 5.74) is 0. The Balaban J connectivity index is 5.33. The lowest BCUT2D eigenvalue weighted by Gasteiger charge is -2.28. The van der Waals surface area contributed by atoms with Gasteiger partial charge in [-0.15, -0.1) is 0 Å². The molecule has 0 aromatic carbocycles. The summed E-state index contributed by atoms with van der Waals surface area (Å²) >= 11 is 0. The summed E-state index contributed by atoms with van der Waals surface area (Å²) < 4.78 is 0. The smallest absolute Gasteiger partial charge is 0.305 e. The standard InChI is InChI=1S/C24H41N5O9/c1-7-9-16(20(34)24(38)25-11-10-17(32)33)28-21(35)13(4)26-23(37)19(14(5)30)29-22(36)18(12(3)8-2)27-15(6)31/h12-14,16,18-19,30H,7-11H2,1-6H3,(H,25,38)(H,26,37)(H,27,31)(H,28,35)(H,29,36)(H,32,33)/t12-,13+,14-,16?,18+,19+/m1/s1. The molecule has 14 nitrogen and oxygen atoms in total. The second-order valence-electron chi connectivity index (χ2n) is 9.13. The third-order valence-electron chi connectivity index (χ3n) is 5.73. The number of Topliss-reactive ketones (excluding diaryl/α,β-unsaturated/α-hetero) is 1. The van der Waals surface area contributed by atoms with Crippen molar-refractivity contribution < 1.29 is 43.8 Å². The summed E-state index contributed by atoms with van der Waals surface area (Å²) in [5, 5.41) is 30.6. The number of aliphatic hydroxyl groups is 1. The van der Waals surface area contributed by atoms with Crippen LogP contribution >= 0.6 is 0 Å². The summed E-state index contributed by atoms with van der Waals surface area (Å²) in [7, 11) is 0. The molecule has 1 unspecified atom stereocenters. The molecule has 5 amide bonds. The molecule has 7 N–H and O–H groups in total. The van der Waals surface area contributed by atoms with Gasteiger partial charge in [-0.1, -0.05) is 33.6 Å². The fourth-order valence-electron chi connectivity index (χ4n) is 3.32. The molecule has 0 aliphatic carbocycles. The zero-order valence-electron chi connectivity index (χ0n) is 22.8. The van der Waals surface area contributed by atoms with Crippen molar-refractivity contribution in [2.24, 2.45) is 5.92 Å². The number of hydrogen-bond acceptors (Lipinski definition) is 8. The van der Waals surface area contributed by atoms with Crippen LogP contribution in [0.4, 0.5) is 0 Å². The van der Waals surface area contributed by atoms with Crippen molar-refractivity contribution >= 4 is 41.3 Å². The minimum atomic E-state index is -1.45. The Labute approximate surface area is 222 Å². The zero-order valence-corrected chi connectivity index (χ0v) is 22.8. The Morgan fingerprint density at radius 2 is 1.37 bits per heavy atom. The largest absolute Gasteiger partial charge is 0.481 e. The first-order valence-electron chi connectivity index (χ1n) is 12.6. The van der Waals surface area contributed by atoms with E-state index in [0.717, 1.165) is 0 Å². The van der Waals surface area contributed by atoms with Crippen LogP contribution in [0, 0.1) is 5.92 Å². The van der Waals surface area contributed by atoms with E-state index in [2.05, 4.69) is 26.6 Å². The van der Waals surface area contributed by atoms with E-state index in [4.69, 9.17) is 5.11 Å². The molecule has 0 aliphatic rings. The number of carboxylic acid groups (broad SMARTS) is 1. The monoisotopic (exact) mass is 543 g/mol. The maximum absolute atomic E-state index is 12.8. The molecule has 38 heavy (non-hydrogen) atoms. The van der Waals surface area contributed by atoms with Gasteiger partial charge >= 0.3 is 5.97 Å². The van der Waals surface area contributed by atoms with Crippen molar-refractivity contribution in [2.75, 3.05) is 6.54 Å². The van der Waals surface area contributed by atoms with E-state index in [0.29, 0.717) is 12.8 Å². The lowest BCUT2D eigenvalue weighted by atomic mass is 9.97. The minimum absolute atomic E-state index is 0.115. The summed E-state index contributed by atoms with van der Waals surface area (Å²) in [6.07, 6.45) is -0.633. The molecule has 0 saturated heterocycles. The van der Waals surface area contributed by atoms with E-state index in [1.165, 1.54) is 20.8 Å². The number of rotatable bonds is 17. The van der Waals surface area contributed by atoms with Gasteiger partial charge in [0.25, 0.3) is 5.91 Å². The van der Waals surface area contributed by atoms with Crippen LogP contribution in [-0.2, 0) is 33.6 Å². The van der Waals surface area contributed by atoms with Crippen LogP contribution in [0.25, 0.3) is 0 Å². The summed E-state index contributed by atoms with van der Waals surface area (Å²) in [6.45, 7) is 8.86. The zero-order chi connectivity index (χ0) is 29.6. The van der Waals surface area contributed by atoms with Crippen molar-refractivity contribution in [2.45, 2.75) is 97.5 Å². The van der Waals surface area contributed by atoms with Gasteiger partial charge in [0.2, 0.25) is 29.4 Å². The van der Waals surface area contributed by atoms with Gasteiger partial charge in [-0.25, -0.2) is 0 Å². The first kappa shape index (κ1) is 34.5. The highest BCUT2D eigenvalue weighted by Gasteiger charge is 2.33. The lowest BCUT2D eigenvalue weighted by molar-refractivity contribution is -0.141. The van der Waals surface area contributed by atoms with Crippen molar-refractivity contribution in [3.8, 4) is 0 Å². The fraction of sp³-hybridized carbons (Fsp3) is 0.708.